The van der Waals surface area contributed by atoms with Gasteiger partial charge in [-0.1, -0.05) is 0 Å². The average molecular weight is 258 g/mol. The monoisotopic (exact) mass is 258 g/mol. The average Bonchev–Trinajstić information content (AvgIpc) is 2.46. The molecule has 0 aliphatic carbocycles. The first-order valence-corrected chi connectivity index (χ1v) is 5.78. The van der Waals surface area contributed by atoms with Gasteiger partial charge >= 0.3 is 0 Å². The number of ether oxygens (including phenoxy) is 1. The molecule has 6 heteroatoms. The summed E-state index contributed by atoms with van der Waals surface area (Å²) in [6.07, 6.45) is 4.40. The van der Waals surface area contributed by atoms with Crippen molar-refractivity contribution in [2.75, 3.05) is 18.9 Å². The third-order valence-corrected chi connectivity index (χ3v) is 2.33. The number of benzene rings is 1. The van der Waals surface area contributed by atoms with Gasteiger partial charge in [-0.3, -0.25) is 9.78 Å². The number of anilines is 1. The topological polar surface area (TPSA) is 90.1 Å². The second kappa shape index (κ2) is 6.34. The number of hydrogen-bond acceptors (Lipinski definition) is 5. The summed E-state index contributed by atoms with van der Waals surface area (Å²) in [6.45, 7) is 0.760. The predicted molar refractivity (Wildman–Crippen MR) is 70.7 cm³/mol. The molecule has 1 amide bonds. The van der Waals surface area contributed by atoms with E-state index in [1.165, 1.54) is 18.6 Å². The molecule has 98 valence electrons. The molecule has 0 bridgehead atoms. The molecular weight excluding hydrogens is 244 g/mol. The molecule has 0 fully saturated rings. The molecule has 0 radical (unpaired) electrons. The number of rotatable bonds is 5. The van der Waals surface area contributed by atoms with E-state index in [9.17, 15) is 4.79 Å². The lowest BCUT2D eigenvalue weighted by Crippen LogP contribution is -2.28. The Morgan fingerprint density at radius 2 is 2.05 bits per heavy atom. The molecule has 1 heterocycles. The van der Waals surface area contributed by atoms with Crippen molar-refractivity contribution in [2.45, 2.75) is 0 Å². The second-order valence-corrected chi connectivity index (χ2v) is 3.76. The molecule has 6 nitrogen and oxygen atoms in total. The molecule has 0 unspecified atom stereocenters. The first-order chi connectivity index (χ1) is 9.25. The van der Waals surface area contributed by atoms with Crippen LogP contribution in [0.2, 0.25) is 0 Å². The Bertz CT molecular complexity index is 528. The Labute approximate surface area is 110 Å². The number of carbonyl (C=O) groups excluding carboxylic acids is 1. The van der Waals surface area contributed by atoms with E-state index in [4.69, 9.17) is 10.5 Å². The summed E-state index contributed by atoms with van der Waals surface area (Å²) in [5.41, 5.74) is 6.53. The molecular formula is C13H14N4O2. The molecule has 1 aromatic heterocycles. The van der Waals surface area contributed by atoms with Crippen LogP contribution in [-0.2, 0) is 0 Å². The van der Waals surface area contributed by atoms with Gasteiger partial charge in [-0.05, 0) is 24.3 Å². The van der Waals surface area contributed by atoms with Crippen LogP contribution < -0.4 is 15.8 Å². The van der Waals surface area contributed by atoms with Crippen LogP contribution in [-0.4, -0.2) is 29.0 Å². The molecule has 0 aliphatic rings. The lowest BCUT2D eigenvalue weighted by Gasteiger charge is -2.07. The maximum Gasteiger partial charge on any atom is 0.271 e. The highest BCUT2D eigenvalue weighted by molar-refractivity contribution is 5.91. The summed E-state index contributed by atoms with van der Waals surface area (Å²) < 4.78 is 5.44. The Kier molecular flexibility index (Phi) is 4.28. The fourth-order valence-corrected chi connectivity index (χ4v) is 1.40. The Morgan fingerprint density at radius 3 is 2.74 bits per heavy atom. The van der Waals surface area contributed by atoms with Crippen molar-refractivity contribution < 1.29 is 9.53 Å². The van der Waals surface area contributed by atoms with Gasteiger partial charge in [-0.15, -0.1) is 0 Å². The molecule has 2 rings (SSSR count). The van der Waals surface area contributed by atoms with Gasteiger partial charge in [0, 0.05) is 18.1 Å². The zero-order valence-corrected chi connectivity index (χ0v) is 10.2. The van der Waals surface area contributed by atoms with Gasteiger partial charge in [0.05, 0.1) is 12.7 Å². The van der Waals surface area contributed by atoms with Gasteiger partial charge in [0.25, 0.3) is 5.91 Å². The lowest BCUT2D eigenvalue weighted by atomic mass is 10.3. The van der Waals surface area contributed by atoms with Gasteiger partial charge in [-0.25, -0.2) is 4.98 Å². The Balaban J connectivity index is 1.72. The minimum absolute atomic E-state index is 0.269. The van der Waals surface area contributed by atoms with Crippen molar-refractivity contribution in [3.8, 4) is 5.75 Å². The molecule has 0 atom stereocenters. The fraction of sp³-hybridized carbons (Fsp3) is 0.154. The minimum atomic E-state index is -0.269. The summed E-state index contributed by atoms with van der Waals surface area (Å²) in [5, 5.41) is 2.69. The Morgan fingerprint density at radius 1 is 1.26 bits per heavy atom. The molecule has 0 aliphatic heterocycles. The smallest absolute Gasteiger partial charge is 0.271 e. The van der Waals surface area contributed by atoms with E-state index in [0.29, 0.717) is 24.6 Å². The van der Waals surface area contributed by atoms with E-state index >= 15 is 0 Å². The van der Waals surface area contributed by atoms with Crippen LogP contribution in [0.15, 0.2) is 42.9 Å². The van der Waals surface area contributed by atoms with E-state index in [1.54, 1.807) is 24.3 Å². The van der Waals surface area contributed by atoms with Crippen LogP contribution in [0.1, 0.15) is 10.5 Å². The van der Waals surface area contributed by atoms with Gasteiger partial charge in [0.2, 0.25) is 0 Å². The van der Waals surface area contributed by atoms with Crippen LogP contribution >= 0.6 is 0 Å². The number of nitrogen functional groups attached to an aromatic ring is 1. The van der Waals surface area contributed by atoms with Crippen LogP contribution in [0.3, 0.4) is 0 Å². The summed E-state index contributed by atoms with van der Waals surface area (Å²) in [4.78, 5) is 19.3. The molecule has 0 spiro atoms. The number of nitrogens with two attached hydrogens (primary N) is 1. The highest BCUT2D eigenvalue weighted by Crippen LogP contribution is 2.12. The van der Waals surface area contributed by atoms with Gasteiger partial charge in [0.1, 0.15) is 18.1 Å². The van der Waals surface area contributed by atoms with Gasteiger partial charge < -0.3 is 15.8 Å². The minimum Gasteiger partial charge on any atom is -0.492 e. The number of hydrogen-bond donors (Lipinski definition) is 2. The van der Waals surface area contributed by atoms with Gasteiger partial charge in [-0.2, -0.15) is 0 Å². The number of nitrogens with zero attached hydrogens (tertiary/aromatic N) is 2. The zero-order chi connectivity index (χ0) is 13.5. The van der Waals surface area contributed by atoms with E-state index in [-0.39, 0.29) is 11.6 Å². The highest BCUT2D eigenvalue weighted by Gasteiger charge is 2.05. The highest BCUT2D eigenvalue weighted by atomic mass is 16.5. The second-order valence-electron chi connectivity index (χ2n) is 3.76. The quantitative estimate of drug-likeness (QED) is 0.613. The molecule has 19 heavy (non-hydrogen) atoms. The lowest BCUT2D eigenvalue weighted by molar-refractivity contribution is 0.0941. The van der Waals surface area contributed by atoms with Crippen LogP contribution in [0.5, 0.6) is 5.75 Å². The summed E-state index contributed by atoms with van der Waals surface area (Å²) in [7, 11) is 0. The Hall–Kier alpha value is -2.63. The first kappa shape index (κ1) is 12.8. The summed E-state index contributed by atoms with van der Waals surface area (Å²) in [6, 6.07) is 7.07. The van der Waals surface area contributed by atoms with Crippen molar-refractivity contribution in [1.82, 2.24) is 15.3 Å². The third kappa shape index (κ3) is 3.95. The number of carbonyl (C=O) groups is 1. The maximum atomic E-state index is 11.6. The number of nitrogens with one attached hydrogen (secondary N) is 1. The zero-order valence-electron chi connectivity index (χ0n) is 10.2. The third-order valence-electron chi connectivity index (χ3n) is 2.33. The standard InChI is InChI=1S/C13H14N4O2/c14-10-1-3-11(4-2-10)19-8-7-17-13(18)12-9-15-5-6-16-12/h1-6,9H,7-8,14H2,(H,17,18). The van der Waals surface area contributed by atoms with Crippen LogP contribution in [0.25, 0.3) is 0 Å². The van der Waals surface area contributed by atoms with E-state index in [1.807, 2.05) is 0 Å². The molecule has 0 saturated heterocycles. The van der Waals surface area contributed by atoms with E-state index in [0.717, 1.165) is 0 Å². The fourth-order valence-electron chi connectivity index (χ4n) is 1.40. The van der Waals surface area contributed by atoms with Crippen molar-refractivity contribution in [2.24, 2.45) is 0 Å². The first-order valence-electron chi connectivity index (χ1n) is 5.78. The van der Waals surface area contributed by atoms with Crippen LogP contribution in [0, 0.1) is 0 Å². The number of aromatic nitrogens is 2. The van der Waals surface area contributed by atoms with Crippen molar-refractivity contribution in [3.05, 3.63) is 48.5 Å². The van der Waals surface area contributed by atoms with E-state index in [2.05, 4.69) is 15.3 Å². The van der Waals surface area contributed by atoms with Crippen LogP contribution in [0.4, 0.5) is 5.69 Å². The maximum absolute atomic E-state index is 11.6. The number of amides is 1. The molecule has 3 N–H and O–H groups in total. The normalized spacial score (nSPS) is 9.89. The molecule has 2 aromatic rings. The SMILES string of the molecule is Nc1ccc(OCCNC(=O)c2cnccn2)cc1. The predicted octanol–water partition coefficient (Wildman–Crippen LogP) is 0.868. The molecule has 0 saturated carbocycles. The van der Waals surface area contributed by atoms with Gasteiger partial charge in [0.15, 0.2) is 0 Å². The van der Waals surface area contributed by atoms with E-state index < -0.39 is 0 Å². The summed E-state index contributed by atoms with van der Waals surface area (Å²) >= 11 is 0. The van der Waals surface area contributed by atoms with Crippen molar-refractivity contribution >= 4 is 11.6 Å². The van der Waals surface area contributed by atoms with Crippen molar-refractivity contribution in [3.63, 3.8) is 0 Å². The summed E-state index contributed by atoms with van der Waals surface area (Å²) in [5.74, 6) is 0.442. The van der Waals surface area contributed by atoms with Crippen molar-refractivity contribution in [1.29, 1.82) is 0 Å². The largest absolute Gasteiger partial charge is 0.492 e. The molecule has 1 aromatic carbocycles.